The fourth-order valence-corrected chi connectivity index (χ4v) is 4.40. The summed E-state index contributed by atoms with van der Waals surface area (Å²) in [6.07, 6.45) is 0. The molecule has 0 radical (unpaired) electrons. The maximum Gasteiger partial charge on any atom is 0.359 e. The highest BCUT2D eigenvalue weighted by Crippen LogP contribution is 2.32. The van der Waals surface area contributed by atoms with Crippen LogP contribution in [0.5, 0.6) is 11.5 Å². The summed E-state index contributed by atoms with van der Waals surface area (Å²) in [6, 6.07) is 11.9. The minimum atomic E-state index is -0.661. The number of hydrogen-bond acceptors (Lipinski definition) is 8. The van der Waals surface area contributed by atoms with Gasteiger partial charge in [-0.3, -0.25) is 9.59 Å². The number of thiophene rings is 1. The normalized spacial score (nSPS) is 10.7. The Balaban J connectivity index is 1.85. The monoisotopic (exact) mass is 493 g/mol. The van der Waals surface area contributed by atoms with Crippen molar-refractivity contribution in [3.8, 4) is 17.2 Å². The second-order valence-electron chi connectivity index (χ2n) is 7.53. The summed E-state index contributed by atoms with van der Waals surface area (Å²) < 4.78 is 16.8. The Bertz CT molecular complexity index is 1450. The summed E-state index contributed by atoms with van der Waals surface area (Å²) in [6.45, 7) is 3.76. The molecule has 0 unspecified atom stereocenters. The zero-order valence-electron chi connectivity index (χ0n) is 19.6. The Kier molecular flexibility index (Phi) is 6.83. The minimum absolute atomic E-state index is 0.0122. The number of aromatic nitrogens is 2. The summed E-state index contributed by atoms with van der Waals surface area (Å²) in [5.41, 5.74) is 1.28. The number of aryl methyl sites for hydroxylation is 1. The molecule has 0 saturated carbocycles. The topological polar surface area (TPSA) is 109 Å². The van der Waals surface area contributed by atoms with Gasteiger partial charge in [0.05, 0.1) is 31.9 Å². The number of esters is 1. The van der Waals surface area contributed by atoms with Gasteiger partial charge >= 0.3 is 5.97 Å². The van der Waals surface area contributed by atoms with Crippen molar-refractivity contribution in [3.63, 3.8) is 0 Å². The summed E-state index contributed by atoms with van der Waals surface area (Å²) in [5.74, 6) is -0.240. The van der Waals surface area contributed by atoms with E-state index in [1.807, 2.05) is 19.1 Å². The van der Waals surface area contributed by atoms with Crippen LogP contribution in [0.3, 0.4) is 0 Å². The molecule has 2 aromatic heterocycles. The molecule has 0 atom stereocenters. The van der Waals surface area contributed by atoms with E-state index in [1.54, 1.807) is 42.6 Å². The van der Waals surface area contributed by atoms with E-state index in [2.05, 4.69) is 10.4 Å². The van der Waals surface area contributed by atoms with Crippen LogP contribution in [0.1, 0.15) is 33.3 Å². The van der Waals surface area contributed by atoms with E-state index in [0.717, 1.165) is 21.6 Å². The molecule has 9 nitrogen and oxygen atoms in total. The van der Waals surface area contributed by atoms with Crippen molar-refractivity contribution in [1.29, 1.82) is 0 Å². The number of fused-ring (bicyclic) bond motifs is 1. The highest BCUT2D eigenvalue weighted by molar-refractivity contribution is 7.16. The number of ether oxygens (including phenoxy) is 3. The molecule has 180 valence electrons. The van der Waals surface area contributed by atoms with Gasteiger partial charge in [-0.1, -0.05) is 17.7 Å². The summed E-state index contributed by atoms with van der Waals surface area (Å²) in [7, 11) is 2.97. The molecule has 10 heteroatoms. The molecule has 0 spiro atoms. The van der Waals surface area contributed by atoms with Crippen LogP contribution in [0.15, 0.2) is 52.6 Å². The van der Waals surface area contributed by atoms with Crippen LogP contribution in [0.2, 0.25) is 0 Å². The Hall–Kier alpha value is -4.18. The Morgan fingerprint density at radius 2 is 1.71 bits per heavy atom. The van der Waals surface area contributed by atoms with Gasteiger partial charge in [-0.2, -0.15) is 9.78 Å². The summed E-state index contributed by atoms with van der Waals surface area (Å²) in [4.78, 5) is 39.3. The van der Waals surface area contributed by atoms with Gasteiger partial charge in [-0.25, -0.2) is 4.79 Å². The molecule has 4 aromatic rings. The van der Waals surface area contributed by atoms with Gasteiger partial charge in [0, 0.05) is 22.4 Å². The van der Waals surface area contributed by atoms with Crippen LogP contribution in [0.4, 0.5) is 5.00 Å². The molecule has 0 aliphatic carbocycles. The van der Waals surface area contributed by atoms with Crippen molar-refractivity contribution in [2.45, 2.75) is 13.8 Å². The van der Waals surface area contributed by atoms with Gasteiger partial charge in [0.2, 0.25) is 0 Å². The van der Waals surface area contributed by atoms with E-state index in [0.29, 0.717) is 22.6 Å². The van der Waals surface area contributed by atoms with E-state index >= 15 is 0 Å². The third kappa shape index (κ3) is 4.73. The number of carbonyl (C=O) groups is 2. The predicted octanol–water partition coefficient (Wildman–Crippen LogP) is 4.20. The predicted molar refractivity (Wildman–Crippen MR) is 133 cm³/mol. The van der Waals surface area contributed by atoms with Crippen LogP contribution in [0.25, 0.3) is 16.5 Å². The van der Waals surface area contributed by atoms with Gasteiger partial charge in [-0.05, 0) is 38.1 Å². The molecule has 1 amide bonds. The second kappa shape index (κ2) is 9.98. The van der Waals surface area contributed by atoms with E-state index in [1.165, 1.54) is 14.2 Å². The zero-order chi connectivity index (χ0) is 25.1. The molecule has 0 saturated heterocycles. The highest BCUT2D eigenvalue weighted by atomic mass is 32.1. The number of amides is 1. The van der Waals surface area contributed by atoms with E-state index in [9.17, 15) is 14.4 Å². The average Bonchev–Trinajstić information content (AvgIpc) is 3.28. The van der Waals surface area contributed by atoms with Crippen molar-refractivity contribution < 1.29 is 23.8 Å². The van der Waals surface area contributed by atoms with Crippen LogP contribution in [-0.2, 0) is 4.74 Å². The summed E-state index contributed by atoms with van der Waals surface area (Å²) in [5, 5.41) is 9.45. The molecule has 2 aromatic carbocycles. The fraction of sp³-hybridized carbons (Fsp3) is 0.200. The SMILES string of the molecule is CCOC(=O)c1nn(-c2ccc(C)cc2)c(=O)c2c(NC(=O)c3cc(OC)cc(OC)c3)scc12. The first-order valence-electron chi connectivity index (χ1n) is 10.7. The number of benzene rings is 2. The molecule has 0 fully saturated rings. The number of carbonyl (C=O) groups excluding carboxylic acids is 2. The molecular weight excluding hydrogens is 470 g/mol. The molecule has 35 heavy (non-hydrogen) atoms. The lowest BCUT2D eigenvalue weighted by atomic mass is 10.1. The van der Waals surface area contributed by atoms with Gasteiger partial charge in [0.15, 0.2) is 5.69 Å². The number of methoxy groups -OCH3 is 2. The van der Waals surface area contributed by atoms with Gasteiger partial charge in [0.25, 0.3) is 11.5 Å². The lowest BCUT2D eigenvalue weighted by Gasteiger charge is -2.11. The van der Waals surface area contributed by atoms with Gasteiger partial charge in [0.1, 0.15) is 16.5 Å². The maximum atomic E-state index is 13.5. The largest absolute Gasteiger partial charge is 0.497 e. The minimum Gasteiger partial charge on any atom is -0.497 e. The maximum absolute atomic E-state index is 13.5. The molecule has 2 heterocycles. The Morgan fingerprint density at radius 3 is 2.31 bits per heavy atom. The second-order valence-corrected chi connectivity index (χ2v) is 8.41. The molecule has 0 aliphatic heterocycles. The Morgan fingerprint density at radius 1 is 1.06 bits per heavy atom. The number of anilines is 1. The number of nitrogens with zero attached hydrogens (tertiary/aromatic N) is 2. The molecule has 0 aliphatic rings. The van der Waals surface area contributed by atoms with Crippen molar-refractivity contribution in [2.75, 3.05) is 26.1 Å². The Labute approximate surface area is 204 Å². The van der Waals surface area contributed by atoms with Crippen LogP contribution in [-0.4, -0.2) is 42.5 Å². The average molecular weight is 494 g/mol. The van der Waals surface area contributed by atoms with Crippen LogP contribution < -0.4 is 20.3 Å². The van der Waals surface area contributed by atoms with Crippen molar-refractivity contribution in [1.82, 2.24) is 9.78 Å². The van der Waals surface area contributed by atoms with Crippen molar-refractivity contribution in [3.05, 3.63) is 75.0 Å². The quantitative estimate of drug-likeness (QED) is 0.384. The summed E-state index contributed by atoms with van der Waals surface area (Å²) >= 11 is 1.12. The first-order valence-corrected chi connectivity index (χ1v) is 11.6. The third-order valence-corrected chi connectivity index (χ3v) is 6.14. The molecule has 4 rings (SSSR count). The molecule has 0 bridgehead atoms. The van der Waals surface area contributed by atoms with Crippen molar-refractivity contribution >= 4 is 39.0 Å². The van der Waals surface area contributed by atoms with Crippen molar-refractivity contribution in [2.24, 2.45) is 0 Å². The van der Waals surface area contributed by atoms with Gasteiger partial charge in [-0.15, -0.1) is 11.3 Å². The standard InChI is InChI=1S/C25H23N3O6S/c1-5-34-25(31)21-19-13-35-23(26-22(29)15-10-17(32-3)12-18(11-15)33-4)20(19)24(30)28(27-21)16-8-6-14(2)7-9-16/h6-13H,5H2,1-4H3,(H,26,29). The molecular formula is C25H23N3O6S. The first kappa shape index (κ1) is 24.0. The molecule has 1 N–H and O–H groups in total. The lowest BCUT2D eigenvalue weighted by Crippen LogP contribution is -2.25. The van der Waals surface area contributed by atoms with Crippen LogP contribution >= 0.6 is 11.3 Å². The number of rotatable bonds is 7. The third-order valence-electron chi connectivity index (χ3n) is 5.24. The smallest absolute Gasteiger partial charge is 0.359 e. The fourth-order valence-electron chi connectivity index (χ4n) is 3.47. The number of hydrogen-bond donors (Lipinski definition) is 1. The van der Waals surface area contributed by atoms with E-state index in [4.69, 9.17) is 14.2 Å². The van der Waals surface area contributed by atoms with Crippen LogP contribution in [0, 0.1) is 6.92 Å². The van der Waals surface area contributed by atoms with Gasteiger partial charge < -0.3 is 19.5 Å². The first-order chi connectivity index (χ1) is 16.9. The zero-order valence-corrected chi connectivity index (χ0v) is 20.4. The van der Waals surface area contributed by atoms with E-state index in [-0.39, 0.29) is 28.3 Å². The number of nitrogens with one attached hydrogen (secondary N) is 1. The van der Waals surface area contributed by atoms with E-state index < -0.39 is 17.4 Å². The highest BCUT2D eigenvalue weighted by Gasteiger charge is 2.23. The lowest BCUT2D eigenvalue weighted by molar-refractivity contribution is 0.0520.